The zero-order chi connectivity index (χ0) is 22.4. The summed E-state index contributed by atoms with van der Waals surface area (Å²) in [4.78, 5) is 8.75. The van der Waals surface area contributed by atoms with E-state index in [2.05, 4.69) is 44.4 Å². The number of hydrogen-bond acceptors (Lipinski definition) is 6. The predicted octanol–water partition coefficient (Wildman–Crippen LogP) is 0.921. The molecule has 1 saturated heterocycles. The molecule has 32 heavy (non-hydrogen) atoms. The van der Waals surface area contributed by atoms with Crippen LogP contribution < -0.4 is 27.1 Å². The first kappa shape index (κ1) is 21.7. The van der Waals surface area contributed by atoms with Crippen molar-refractivity contribution >= 4 is 17.5 Å². The number of rotatable bonds is 7. The smallest absolute Gasteiger partial charge is 0.140 e. The second-order valence-corrected chi connectivity index (χ2v) is 8.07. The van der Waals surface area contributed by atoms with Crippen LogP contribution in [0, 0.1) is 0 Å². The molecule has 0 amide bonds. The number of alkyl halides is 1. The summed E-state index contributed by atoms with van der Waals surface area (Å²) in [7, 11) is 0. The van der Waals surface area contributed by atoms with Gasteiger partial charge in [-0.3, -0.25) is 9.67 Å². The Kier molecular flexibility index (Phi) is 6.61. The van der Waals surface area contributed by atoms with E-state index in [1.165, 1.54) is 5.56 Å². The predicted molar refractivity (Wildman–Crippen MR) is 124 cm³/mol. The van der Waals surface area contributed by atoms with Crippen molar-refractivity contribution in [3.8, 4) is 0 Å². The van der Waals surface area contributed by atoms with Gasteiger partial charge in [-0.05, 0) is 36.6 Å². The van der Waals surface area contributed by atoms with E-state index < -0.39 is 5.67 Å². The van der Waals surface area contributed by atoms with Gasteiger partial charge in [0, 0.05) is 30.7 Å². The number of halogens is 1. The minimum absolute atomic E-state index is 0.120. The number of aromatic nitrogens is 4. The molecule has 0 spiro atoms. The highest BCUT2D eigenvalue weighted by Crippen LogP contribution is 2.19. The first-order valence-corrected chi connectivity index (χ1v) is 10.7. The van der Waals surface area contributed by atoms with Gasteiger partial charge in [0.15, 0.2) is 0 Å². The molecule has 8 heteroatoms. The summed E-state index contributed by atoms with van der Waals surface area (Å²) in [6.45, 7) is 6.11. The summed E-state index contributed by atoms with van der Waals surface area (Å²) >= 11 is 0. The van der Waals surface area contributed by atoms with Gasteiger partial charge in [-0.15, -0.1) is 0 Å². The summed E-state index contributed by atoms with van der Waals surface area (Å²) in [5.74, 6) is 0.291. The van der Waals surface area contributed by atoms with Crippen LogP contribution in [0.2, 0.25) is 0 Å². The van der Waals surface area contributed by atoms with Crippen molar-refractivity contribution < 1.29 is 4.39 Å². The maximum Gasteiger partial charge on any atom is 0.140 e. The van der Waals surface area contributed by atoms with Crippen LogP contribution in [0.1, 0.15) is 24.0 Å². The fraction of sp³-hybridized carbons (Fsp3) is 0.292. The Morgan fingerprint density at radius 3 is 2.88 bits per heavy atom. The summed E-state index contributed by atoms with van der Waals surface area (Å²) in [6, 6.07) is 10.1. The lowest BCUT2D eigenvalue weighted by atomic mass is 9.96. The monoisotopic (exact) mass is 433 g/mol. The quantitative estimate of drug-likeness (QED) is 0.513. The van der Waals surface area contributed by atoms with E-state index in [1.54, 1.807) is 18.6 Å². The van der Waals surface area contributed by atoms with Gasteiger partial charge < -0.3 is 16.4 Å². The number of nitrogens with one attached hydrogen (secondary N) is 2. The normalized spacial score (nSPS) is 20.1. The molecule has 1 atom stereocenters. The van der Waals surface area contributed by atoms with Crippen LogP contribution in [-0.2, 0) is 6.54 Å². The van der Waals surface area contributed by atoms with Crippen LogP contribution in [0.15, 0.2) is 61.7 Å². The second-order valence-electron chi connectivity index (χ2n) is 8.07. The summed E-state index contributed by atoms with van der Waals surface area (Å²) in [5, 5.41) is 11.6. The maximum atomic E-state index is 14.9. The van der Waals surface area contributed by atoms with E-state index in [-0.39, 0.29) is 6.54 Å². The van der Waals surface area contributed by atoms with E-state index in [4.69, 9.17) is 5.73 Å². The average molecular weight is 434 g/mol. The first-order chi connectivity index (χ1) is 15.5. The van der Waals surface area contributed by atoms with E-state index in [0.717, 1.165) is 24.1 Å². The zero-order valence-corrected chi connectivity index (χ0v) is 18.0. The lowest BCUT2D eigenvalue weighted by Crippen LogP contribution is -2.50. The molecule has 4 rings (SSSR count). The van der Waals surface area contributed by atoms with Gasteiger partial charge in [0.1, 0.15) is 16.8 Å². The number of nitrogens with zero attached hydrogens (tertiary/aromatic N) is 4. The van der Waals surface area contributed by atoms with Gasteiger partial charge in [-0.1, -0.05) is 36.9 Å². The Balaban J connectivity index is 1.53. The molecule has 3 heterocycles. The van der Waals surface area contributed by atoms with Gasteiger partial charge in [0.05, 0.1) is 24.6 Å². The minimum Gasteiger partial charge on any atom is -0.384 e. The third-order valence-corrected chi connectivity index (χ3v) is 5.50. The van der Waals surface area contributed by atoms with Gasteiger partial charge in [-0.25, -0.2) is 9.37 Å². The third kappa shape index (κ3) is 5.39. The molecule has 4 N–H and O–H groups in total. The number of allylic oxidation sites excluding steroid dienone is 1. The Hall–Kier alpha value is -3.52. The van der Waals surface area contributed by atoms with Gasteiger partial charge >= 0.3 is 0 Å². The van der Waals surface area contributed by atoms with Crippen LogP contribution in [-0.4, -0.2) is 45.1 Å². The molecule has 1 aliphatic heterocycles. The van der Waals surface area contributed by atoms with E-state index in [0.29, 0.717) is 36.0 Å². The van der Waals surface area contributed by atoms with Crippen molar-refractivity contribution in [1.29, 1.82) is 0 Å². The number of hydrogen-bond donors (Lipinski definition) is 3. The van der Waals surface area contributed by atoms with Crippen molar-refractivity contribution in [2.45, 2.75) is 25.1 Å². The number of benzene rings is 1. The number of nitrogens with two attached hydrogens (primary N) is 1. The van der Waals surface area contributed by atoms with Gasteiger partial charge in [0.25, 0.3) is 0 Å². The molecule has 166 valence electrons. The van der Waals surface area contributed by atoms with Crippen LogP contribution in [0.4, 0.5) is 4.39 Å². The minimum atomic E-state index is -1.33. The second kappa shape index (κ2) is 9.74. The molecule has 0 bridgehead atoms. The van der Waals surface area contributed by atoms with Crippen molar-refractivity contribution in [2.24, 2.45) is 5.73 Å². The van der Waals surface area contributed by atoms with E-state index in [1.807, 2.05) is 35.2 Å². The maximum absolute atomic E-state index is 14.9. The third-order valence-electron chi connectivity index (χ3n) is 5.50. The Bertz CT molecular complexity index is 1180. The fourth-order valence-electron chi connectivity index (χ4n) is 3.72. The lowest BCUT2D eigenvalue weighted by Gasteiger charge is -2.30. The van der Waals surface area contributed by atoms with Crippen molar-refractivity contribution in [1.82, 2.24) is 30.4 Å². The van der Waals surface area contributed by atoms with Gasteiger partial charge in [0.2, 0.25) is 0 Å². The molecule has 2 aromatic heterocycles. The molecule has 1 unspecified atom stereocenters. The molecule has 1 aromatic carbocycles. The number of piperidine rings is 1. The van der Waals surface area contributed by atoms with Crippen LogP contribution in [0.3, 0.4) is 0 Å². The Labute approximate surface area is 186 Å². The molecule has 0 aliphatic carbocycles. The molecule has 1 fully saturated rings. The molecule has 7 nitrogen and oxygen atoms in total. The average Bonchev–Trinajstić information content (AvgIpc) is 3.28. The highest BCUT2D eigenvalue weighted by Gasteiger charge is 2.31. The van der Waals surface area contributed by atoms with E-state index in [9.17, 15) is 4.39 Å². The topological polar surface area (TPSA) is 93.7 Å². The first-order valence-electron chi connectivity index (χ1n) is 10.7. The standard InChI is InChI=1S/C24H28FN7/c1-18(20-13-31-32(15-20)14-19-6-3-2-4-7-19)12-21-22(29-11-10-28-21)23(26)30-17-24(25)8-5-9-27-16-24/h2-4,6-7,10-13,15,27,30H,1,5,8-9,14,16-17,26H2/b21-12+,23-22-. The van der Waals surface area contributed by atoms with Crippen molar-refractivity contribution in [2.75, 3.05) is 19.6 Å². The van der Waals surface area contributed by atoms with Crippen molar-refractivity contribution in [3.05, 3.63) is 83.5 Å². The molecule has 0 radical (unpaired) electrons. The highest BCUT2D eigenvalue weighted by atomic mass is 19.1. The van der Waals surface area contributed by atoms with Crippen LogP contribution >= 0.6 is 0 Å². The fourth-order valence-corrected chi connectivity index (χ4v) is 3.72. The molecule has 1 aliphatic rings. The molecule has 0 saturated carbocycles. The van der Waals surface area contributed by atoms with Gasteiger partial charge in [-0.2, -0.15) is 5.10 Å². The Morgan fingerprint density at radius 2 is 2.09 bits per heavy atom. The largest absolute Gasteiger partial charge is 0.384 e. The SMILES string of the molecule is C=C(/C=c1/nccn/c1=C(/N)NCC1(F)CCCNC1)c1cnn(Cc2ccccc2)c1. The highest BCUT2D eigenvalue weighted by molar-refractivity contribution is 5.85. The molecule has 3 aromatic rings. The molecular formula is C24H28FN7. The van der Waals surface area contributed by atoms with Crippen LogP contribution in [0.5, 0.6) is 0 Å². The molecular weight excluding hydrogens is 405 g/mol. The summed E-state index contributed by atoms with van der Waals surface area (Å²) < 4.78 is 16.7. The summed E-state index contributed by atoms with van der Waals surface area (Å²) in [6.07, 6.45) is 9.99. The Morgan fingerprint density at radius 1 is 1.28 bits per heavy atom. The zero-order valence-electron chi connectivity index (χ0n) is 18.0. The lowest BCUT2D eigenvalue weighted by molar-refractivity contribution is 0.125. The van der Waals surface area contributed by atoms with Crippen LogP contribution in [0.25, 0.3) is 17.5 Å². The van der Waals surface area contributed by atoms with Crippen molar-refractivity contribution in [3.63, 3.8) is 0 Å². The summed E-state index contributed by atoms with van der Waals surface area (Å²) in [5.41, 5.74) is 7.67. The van der Waals surface area contributed by atoms with E-state index >= 15 is 0 Å².